The minimum Gasteiger partial charge on any atom is -0.269 e. The van der Waals surface area contributed by atoms with Crippen LogP contribution in [0.3, 0.4) is 0 Å². The zero-order chi connectivity index (χ0) is 6.81. The Hall–Kier alpha value is 1.23. The van der Waals surface area contributed by atoms with E-state index in [0.717, 1.165) is 12.3 Å². The summed E-state index contributed by atoms with van der Waals surface area (Å²) < 4.78 is 0. The van der Waals surface area contributed by atoms with Crippen LogP contribution in [0, 0.1) is 12.0 Å². The fraction of sp³-hybridized carbons (Fsp3) is 0.600. The molecular formula is C10H16Cl3Zr-. The predicted molar refractivity (Wildman–Crippen MR) is 64.2 cm³/mol. The molecule has 0 nitrogen and oxygen atoms in total. The third-order valence-corrected chi connectivity index (χ3v) is 2.52. The van der Waals surface area contributed by atoms with E-state index in [4.69, 9.17) is 0 Å². The normalized spacial score (nSPS) is 18.4. The Labute approximate surface area is 124 Å². The van der Waals surface area contributed by atoms with Crippen molar-refractivity contribution in [3.63, 3.8) is 0 Å². The molecular weight excluding hydrogens is 318 g/mol. The van der Waals surface area contributed by atoms with E-state index in [0.29, 0.717) is 0 Å². The summed E-state index contributed by atoms with van der Waals surface area (Å²) in [5.41, 5.74) is 1.50. The number of allylic oxidation sites excluding steroid dienone is 4. The number of rotatable bonds is 1. The van der Waals surface area contributed by atoms with E-state index < -0.39 is 0 Å². The molecule has 0 heterocycles. The minimum absolute atomic E-state index is 0. The summed E-state index contributed by atoms with van der Waals surface area (Å²) in [4.78, 5) is 0. The second kappa shape index (κ2) is 10.7. The molecule has 0 N–H and O–H groups in total. The van der Waals surface area contributed by atoms with E-state index >= 15 is 0 Å². The zero-order valence-electron chi connectivity index (χ0n) is 7.99. The van der Waals surface area contributed by atoms with Gasteiger partial charge in [0.25, 0.3) is 0 Å². The van der Waals surface area contributed by atoms with Crippen LogP contribution in [-0.4, -0.2) is 0 Å². The van der Waals surface area contributed by atoms with Crippen LogP contribution in [0.4, 0.5) is 0 Å². The minimum atomic E-state index is 0. The van der Waals surface area contributed by atoms with Crippen LogP contribution in [0.1, 0.15) is 32.1 Å². The molecule has 1 fully saturated rings. The van der Waals surface area contributed by atoms with E-state index in [1.807, 2.05) is 0 Å². The molecule has 1 saturated carbocycles. The van der Waals surface area contributed by atoms with Gasteiger partial charge in [0.2, 0.25) is 0 Å². The molecule has 82 valence electrons. The van der Waals surface area contributed by atoms with Crippen molar-refractivity contribution in [3.8, 4) is 0 Å². The molecule has 0 spiro atoms. The van der Waals surface area contributed by atoms with Gasteiger partial charge in [0.15, 0.2) is 0 Å². The number of hydrogen-bond acceptors (Lipinski definition) is 0. The maximum atomic E-state index is 3.40. The summed E-state index contributed by atoms with van der Waals surface area (Å²) in [6, 6.07) is 0. The van der Waals surface area contributed by atoms with E-state index in [9.17, 15) is 0 Å². The SMILES string of the molecule is Cl.Cl.Cl.[C-]1=C(C2CCCC2)C=CC1.[Zr]. The van der Waals surface area contributed by atoms with Crippen molar-refractivity contribution in [3.05, 3.63) is 23.8 Å². The van der Waals surface area contributed by atoms with Gasteiger partial charge in [0.05, 0.1) is 0 Å². The Bertz CT molecular complexity index is 184. The van der Waals surface area contributed by atoms with Crippen LogP contribution in [0.2, 0.25) is 0 Å². The van der Waals surface area contributed by atoms with Gasteiger partial charge in [-0.3, -0.25) is 6.08 Å². The molecule has 14 heavy (non-hydrogen) atoms. The second-order valence-corrected chi connectivity index (χ2v) is 3.22. The molecule has 2 rings (SSSR count). The van der Waals surface area contributed by atoms with Crippen molar-refractivity contribution >= 4 is 37.2 Å². The Morgan fingerprint density at radius 2 is 1.64 bits per heavy atom. The summed E-state index contributed by atoms with van der Waals surface area (Å²) in [6.07, 6.45) is 14.6. The molecule has 0 bridgehead atoms. The first-order chi connectivity index (χ1) is 4.97. The van der Waals surface area contributed by atoms with Gasteiger partial charge < -0.3 is 0 Å². The van der Waals surface area contributed by atoms with Gasteiger partial charge in [-0.15, -0.1) is 43.6 Å². The molecule has 2 aliphatic rings. The van der Waals surface area contributed by atoms with Crippen LogP contribution in [0.15, 0.2) is 17.7 Å². The molecule has 0 amide bonds. The average Bonchev–Trinajstić information content (AvgIpc) is 2.59. The van der Waals surface area contributed by atoms with Crippen LogP contribution in [-0.2, 0) is 26.2 Å². The molecule has 0 saturated heterocycles. The molecule has 0 aromatic heterocycles. The van der Waals surface area contributed by atoms with Gasteiger partial charge in [0.1, 0.15) is 0 Å². The number of hydrogen-bond donors (Lipinski definition) is 0. The van der Waals surface area contributed by atoms with Crippen LogP contribution in [0.5, 0.6) is 0 Å². The first-order valence-electron chi connectivity index (χ1n) is 4.24. The predicted octanol–water partition coefficient (Wildman–Crippen LogP) is 4.13. The van der Waals surface area contributed by atoms with Crippen molar-refractivity contribution in [1.29, 1.82) is 0 Å². The van der Waals surface area contributed by atoms with Gasteiger partial charge in [0, 0.05) is 26.2 Å². The maximum absolute atomic E-state index is 3.40. The smallest absolute Gasteiger partial charge is 0 e. The molecule has 0 aromatic carbocycles. The molecule has 4 heteroatoms. The Morgan fingerprint density at radius 1 is 1.07 bits per heavy atom. The topological polar surface area (TPSA) is 0 Å². The maximum Gasteiger partial charge on any atom is 0 e. The summed E-state index contributed by atoms with van der Waals surface area (Å²) in [7, 11) is 0. The third kappa shape index (κ3) is 5.35. The molecule has 0 radical (unpaired) electrons. The van der Waals surface area contributed by atoms with Crippen molar-refractivity contribution in [2.45, 2.75) is 32.1 Å². The quantitative estimate of drug-likeness (QED) is 0.633. The van der Waals surface area contributed by atoms with Gasteiger partial charge >= 0.3 is 0 Å². The van der Waals surface area contributed by atoms with Gasteiger partial charge in [-0.2, -0.15) is 6.08 Å². The molecule has 0 aliphatic heterocycles. The van der Waals surface area contributed by atoms with Crippen LogP contribution < -0.4 is 0 Å². The Balaban J connectivity index is -0.000000302. The Morgan fingerprint density at radius 3 is 2.07 bits per heavy atom. The first-order valence-corrected chi connectivity index (χ1v) is 4.24. The van der Waals surface area contributed by atoms with Crippen molar-refractivity contribution in [2.75, 3.05) is 0 Å². The Kier molecular flexibility index (Phi) is 15.8. The van der Waals surface area contributed by atoms with Gasteiger partial charge in [-0.1, -0.05) is 12.8 Å². The van der Waals surface area contributed by atoms with Gasteiger partial charge in [-0.05, 0) is 18.8 Å². The summed E-state index contributed by atoms with van der Waals surface area (Å²) in [5.74, 6) is 0.874. The standard InChI is InChI=1S/C10H13.3ClH.Zr/c1-2-6-9(5-1)10-7-3-4-8-10;;;;/h1,5,10H,2-4,7-8H2;3*1H;/q-1;;;;. The average molecular weight is 334 g/mol. The van der Waals surface area contributed by atoms with E-state index in [1.54, 1.807) is 0 Å². The molecule has 0 aromatic rings. The number of halogens is 3. The zero-order valence-corrected chi connectivity index (χ0v) is 12.9. The van der Waals surface area contributed by atoms with Gasteiger partial charge in [-0.25, -0.2) is 11.6 Å². The first kappa shape index (κ1) is 20.6. The molecule has 0 atom stereocenters. The van der Waals surface area contributed by atoms with Crippen LogP contribution in [0.25, 0.3) is 0 Å². The third-order valence-electron chi connectivity index (χ3n) is 2.52. The van der Waals surface area contributed by atoms with Crippen LogP contribution >= 0.6 is 37.2 Å². The van der Waals surface area contributed by atoms with E-state index in [-0.39, 0.29) is 63.4 Å². The molecule has 0 unspecified atom stereocenters. The van der Waals surface area contributed by atoms with Crippen molar-refractivity contribution in [2.24, 2.45) is 5.92 Å². The summed E-state index contributed by atoms with van der Waals surface area (Å²) in [5, 5.41) is 0. The fourth-order valence-electron chi connectivity index (χ4n) is 1.94. The van der Waals surface area contributed by atoms with E-state index in [2.05, 4.69) is 18.2 Å². The van der Waals surface area contributed by atoms with E-state index in [1.165, 1.54) is 31.3 Å². The largest absolute Gasteiger partial charge is 0.269 e. The molecule has 2 aliphatic carbocycles. The summed E-state index contributed by atoms with van der Waals surface area (Å²) in [6.45, 7) is 0. The fourth-order valence-corrected chi connectivity index (χ4v) is 1.94. The monoisotopic (exact) mass is 331 g/mol. The second-order valence-electron chi connectivity index (χ2n) is 3.22. The van der Waals surface area contributed by atoms with Crippen molar-refractivity contribution < 1.29 is 26.2 Å². The summed E-state index contributed by atoms with van der Waals surface area (Å²) >= 11 is 0. The van der Waals surface area contributed by atoms with Crippen molar-refractivity contribution in [1.82, 2.24) is 0 Å².